The number of amides is 1. The number of primary amides is 1. The third-order valence-corrected chi connectivity index (χ3v) is 5.41. The van der Waals surface area contributed by atoms with Gasteiger partial charge in [0.25, 0.3) is 0 Å². The summed E-state index contributed by atoms with van der Waals surface area (Å²) in [6, 6.07) is 7.98. The molecule has 0 unspecified atom stereocenters. The summed E-state index contributed by atoms with van der Waals surface area (Å²) in [5.74, 6) is -1.70. The third-order valence-electron chi connectivity index (χ3n) is 4.19. The van der Waals surface area contributed by atoms with Crippen molar-refractivity contribution in [1.82, 2.24) is 9.71 Å². The van der Waals surface area contributed by atoms with Crippen LogP contribution < -0.4 is 15.2 Å². The third kappa shape index (κ3) is 4.36. The fourth-order valence-corrected chi connectivity index (χ4v) is 3.81. The minimum atomic E-state index is -3.92. The van der Waals surface area contributed by atoms with Crippen LogP contribution >= 0.6 is 0 Å². The van der Waals surface area contributed by atoms with Crippen molar-refractivity contribution >= 4 is 21.9 Å². The van der Waals surface area contributed by atoms with Crippen LogP contribution in [0.1, 0.15) is 41.3 Å². The smallest absolute Gasteiger partial charge is 0.300 e. The van der Waals surface area contributed by atoms with Gasteiger partial charge in [-0.2, -0.15) is 13.1 Å². The van der Waals surface area contributed by atoms with Crippen LogP contribution in [0.4, 0.5) is 10.2 Å². The first-order valence-electron chi connectivity index (χ1n) is 8.01. The summed E-state index contributed by atoms with van der Waals surface area (Å²) >= 11 is 0. The van der Waals surface area contributed by atoms with E-state index in [0.29, 0.717) is 11.1 Å². The Balaban J connectivity index is 1.81. The van der Waals surface area contributed by atoms with E-state index in [9.17, 15) is 17.6 Å². The van der Waals surface area contributed by atoms with Crippen molar-refractivity contribution < 1.29 is 17.6 Å². The predicted molar refractivity (Wildman–Crippen MR) is 95.3 cm³/mol. The molecule has 0 radical (unpaired) electrons. The van der Waals surface area contributed by atoms with Crippen molar-refractivity contribution in [3.8, 4) is 0 Å². The molecule has 26 heavy (non-hydrogen) atoms. The highest BCUT2D eigenvalue weighted by molar-refractivity contribution is 7.90. The van der Waals surface area contributed by atoms with Crippen LogP contribution in [0.5, 0.6) is 0 Å². The number of carbonyl (C=O) groups excluding carboxylic acids is 1. The summed E-state index contributed by atoms with van der Waals surface area (Å²) in [5.41, 5.74) is 6.01. The lowest BCUT2D eigenvalue weighted by atomic mass is 10.0. The molecule has 1 aromatic heterocycles. The summed E-state index contributed by atoms with van der Waals surface area (Å²) in [4.78, 5) is 15.0. The Morgan fingerprint density at radius 2 is 2.08 bits per heavy atom. The standard InChI is InChI=1S/C17H19FN4O3S/c1-17(6-7-17)22-26(24,25)21-16-14(18)12(5-8-20-16)9-11-3-2-4-13(10-11)15(19)23/h2-5,8,10,22H,6-7,9H2,1H3,(H2,19,23)(H,20,21). The highest BCUT2D eigenvalue weighted by atomic mass is 32.2. The molecule has 1 aliphatic carbocycles. The topological polar surface area (TPSA) is 114 Å². The molecule has 1 amide bonds. The maximum atomic E-state index is 14.7. The molecular weight excluding hydrogens is 359 g/mol. The molecule has 4 N–H and O–H groups in total. The molecule has 2 aromatic rings. The first kappa shape index (κ1) is 18.3. The van der Waals surface area contributed by atoms with Crippen LogP contribution in [0.25, 0.3) is 0 Å². The average Bonchev–Trinajstić information content (AvgIpc) is 3.27. The fourth-order valence-electron chi connectivity index (χ4n) is 2.51. The number of anilines is 1. The second-order valence-corrected chi connectivity index (χ2v) is 8.06. The maximum Gasteiger partial charge on any atom is 0.300 e. The van der Waals surface area contributed by atoms with E-state index in [2.05, 4.69) is 14.4 Å². The molecular formula is C17H19FN4O3S. The molecule has 0 bridgehead atoms. The van der Waals surface area contributed by atoms with E-state index in [-0.39, 0.29) is 17.8 Å². The second-order valence-electron chi connectivity index (χ2n) is 6.64. The molecule has 138 valence electrons. The summed E-state index contributed by atoms with van der Waals surface area (Å²) in [6.45, 7) is 1.78. The van der Waals surface area contributed by atoms with Crippen molar-refractivity contribution in [2.75, 3.05) is 4.72 Å². The van der Waals surface area contributed by atoms with Gasteiger partial charge in [-0.3, -0.25) is 9.52 Å². The Kier molecular flexibility index (Phi) is 4.68. The first-order chi connectivity index (χ1) is 12.2. The molecule has 0 atom stereocenters. The highest BCUT2D eigenvalue weighted by Crippen LogP contribution is 2.35. The number of hydrogen-bond donors (Lipinski definition) is 3. The minimum absolute atomic E-state index is 0.162. The van der Waals surface area contributed by atoms with Gasteiger partial charge in [0.1, 0.15) is 0 Å². The Hall–Kier alpha value is -2.52. The molecule has 1 aliphatic rings. The number of carbonyl (C=O) groups is 1. The van der Waals surface area contributed by atoms with Gasteiger partial charge in [0.2, 0.25) is 5.91 Å². The van der Waals surface area contributed by atoms with Crippen molar-refractivity contribution in [2.24, 2.45) is 5.73 Å². The molecule has 0 aliphatic heterocycles. The zero-order valence-electron chi connectivity index (χ0n) is 14.1. The van der Waals surface area contributed by atoms with Crippen LogP contribution in [0, 0.1) is 5.82 Å². The number of nitrogens with two attached hydrogens (primary N) is 1. The van der Waals surface area contributed by atoms with Crippen LogP contribution in [-0.4, -0.2) is 24.8 Å². The van der Waals surface area contributed by atoms with Gasteiger partial charge >= 0.3 is 10.2 Å². The van der Waals surface area contributed by atoms with Gasteiger partial charge in [0, 0.05) is 23.7 Å². The number of benzene rings is 1. The molecule has 9 heteroatoms. The van der Waals surface area contributed by atoms with Gasteiger partial charge in [-0.1, -0.05) is 12.1 Å². The summed E-state index contributed by atoms with van der Waals surface area (Å²) in [6.07, 6.45) is 2.96. The highest BCUT2D eigenvalue weighted by Gasteiger charge is 2.41. The number of nitrogens with one attached hydrogen (secondary N) is 2. The van der Waals surface area contributed by atoms with E-state index in [1.807, 2.05) is 0 Å². The number of halogens is 1. The normalized spacial score (nSPS) is 15.5. The maximum absolute atomic E-state index is 14.7. The zero-order chi connectivity index (χ0) is 18.9. The lowest BCUT2D eigenvalue weighted by molar-refractivity contribution is 0.1000. The van der Waals surface area contributed by atoms with Crippen LogP contribution in [0.3, 0.4) is 0 Å². The van der Waals surface area contributed by atoms with Gasteiger partial charge in [0.05, 0.1) is 0 Å². The summed E-state index contributed by atoms with van der Waals surface area (Å²) in [5, 5.41) is 0. The van der Waals surface area contributed by atoms with Gasteiger partial charge < -0.3 is 5.73 Å². The van der Waals surface area contributed by atoms with Crippen molar-refractivity contribution in [1.29, 1.82) is 0 Å². The van der Waals surface area contributed by atoms with E-state index in [1.165, 1.54) is 12.3 Å². The fraction of sp³-hybridized carbons (Fsp3) is 0.294. The predicted octanol–water partition coefficient (Wildman–Crippen LogP) is 1.71. The van der Waals surface area contributed by atoms with E-state index in [0.717, 1.165) is 12.8 Å². The Morgan fingerprint density at radius 1 is 1.35 bits per heavy atom. The van der Waals surface area contributed by atoms with Gasteiger partial charge in [-0.25, -0.2) is 9.37 Å². The van der Waals surface area contributed by atoms with Gasteiger partial charge in [-0.05, 0) is 49.1 Å². The van der Waals surface area contributed by atoms with Crippen molar-refractivity contribution in [2.45, 2.75) is 31.7 Å². The van der Waals surface area contributed by atoms with Gasteiger partial charge in [0.15, 0.2) is 11.6 Å². The van der Waals surface area contributed by atoms with Crippen molar-refractivity contribution in [3.05, 3.63) is 59.0 Å². The second kappa shape index (κ2) is 6.65. The summed E-state index contributed by atoms with van der Waals surface area (Å²) < 4.78 is 43.5. The lowest BCUT2D eigenvalue weighted by Gasteiger charge is -2.14. The molecule has 0 saturated heterocycles. The quantitative estimate of drug-likeness (QED) is 0.680. The van der Waals surface area contributed by atoms with Crippen LogP contribution in [-0.2, 0) is 16.6 Å². The van der Waals surface area contributed by atoms with E-state index in [4.69, 9.17) is 5.73 Å². The molecule has 1 aromatic carbocycles. The van der Waals surface area contributed by atoms with E-state index in [1.54, 1.807) is 31.2 Å². The van der Waals surface area contributed by atoms with Gasteiger partial charge in [-0.15, -0.1) is 0 Å². The number of rotatable bonds is 7. The Bertz CT molecular complexity index is 958. The molecule has 3 rings (SSSR count). The first-order valence-corrected chi connectivity index (χ1v) is 9.50. The zero-order valence-corrected chi connectivity index (χ0v) is 14.9. The molecule has 1 saturated carbocycles. The summed E-state index contributed by atoms with van der Waals surface area (Å²) in [7, 11) is -3.92. The molecule has 7 nitrogen and oxygen atoms in total. The number of pyridine rings is 1. The molecule has 0 spiro atoms. The van der Waals surface area contributed by atoms with Crippen molar-refractivity contribution in [3.63, 3.8) is 0 Å². The number of nitrogens with zero attached hydrogens (tertiary/aromatic N) is 1. The molecule has 1 fully saturated rings. The SMILES string of the molecule is CC1(NS(=O)(=O)Nc2nccc(Cc3cccc(C(N)=O)c3)c2F)CC1. The van der Waals surface area contributed by atoms with E-state index < -0.39 is 27.5 Å². The lowest BCUT2D eigenvalue weighted by Crippen LogP contribution is -2.38. The van der Waals surface area contributed by atoms with E-state index >= 15 is 0 Å². The Morgan fingerprint density at radius 3 is 2.73 bits per heavy atom. The van der Waals surface area contributed by atoms with Crippen LogP contribution in [0.2, 0.25) is 0 Å². The number of aromatic nitrogens is 1. The number of hydrogen-bond acceptors (Lipinski definition) is 4. The minimum Gasteiger partial charge on any atom is -0.366 e. The monoisotopic (exact) mass is 378 g/mol. The molecule has 1 heterocycles. The Labute approximate surface area is 151 Å². The largest absolute Gasteiger partial charge is 0.366 e. The van der Waals surface area contributed by atoms with Crippen LogP contribution in [0.15, 0.2) is 36.5 Å². The average molecular weight is 378 g/mol.